The van der Waals surface area contributed by atoms with E-state index >= 15 is 0 Å². The summed E-state index contributed by atoms with van der Waals surface area (Å²) < 4.78 is 0. The van der Waals surface area contributed by atoms with Crippen LogP contribution in [-0.2, 0) is 6.42 Å². The number of aromatic hydroxyl groups is 1. The van der Waals surface area contributed by atoms with Crippen LogP contribution in [0.25, 0.3) is 28.0 Å². The highest BCUT2D eigenvalue weighted by Crippen LogP contribution is 2.34. The van der Waals surface area contributed by atoms with Gasteiger partial charge in [-0.2, -0.15) is 0 Å². The highest BCUT2D eigenvalue weighted by molar-refractivity contribution is 5.99. The van der Waals surface area contributed by atoms with Gasteiger partial charge in [0.05, 0.1) is 0 Å². The predicted octanol–water partition coefficient (Wildman–Crippen LogP) is 5.17. The summed E-state index contributed by atoms with van der Waals surface area (Å²) in [5.41, 5.74) is 5.14. The Hall–Kier alpha value is -2.54. The first kappa shape index (κ1) is 12.2. The Morgan fingerprint density at radius 3 is 2.67 bits per heavy atom. The number of phenolic OH excluding ortho intramolecular Hbond substituents is 1. The van der Waals surface area contributed by atoms with Gasteiger partial charge in [0.2, 0.25) is 0 Å². The molecule has 1 heteroatoms. The number of hydrogen-bond acceptors (Lipinski definition) is 1. The van der Waals surface area contributed by atoms with Crippen molar-refractivity contribution in [3.63, 3.8) is 0 Å². The third-order valence-corrected chi connectivity index (χ3v) is 4.23. The molecule has 1 aliphatic rings. The summed E-state index contributed by atoms with van der Waals surface area (Å²) in [6, 6.07) is 18.5. The zero-order chi connectivity index (χ0) is 14.2. The molecule has 0 bridgehead atoms. The van der Waals surface area contributed by atoms with Crippen LogP contribution in [0.3, 0.4) is 0 Å². The van der Waals surface area contributed by atoms with Crippen LogP contribution in [0.1, 0.15) is 17.5 Å². The van der Waals surface area contributed by atoms with Crippen LogP contribution in [0.5, 0.6) is 5.75 Å². The zero-order valence-corrected chi connectivity index (χ0v) is 11.7. The van der Waals surface area contributed by atoms with Gasteiger partial charge in [-0.1, -0.05) is 60.7 Å². The first-order chi connectivity index (χ1) is 10.3. The van der Waals surface area contributed by atoms with Gasteiger partial charge < -0.3 is 5.11 Å². The SMILES string of the molecule is Oc1cccc2c(-c3ccc4c(c3)CCC=C4)cccc12. The van der Waals surface area contributed by atoms with Crippen LogP contribution in [0, 0.1) is 0 Å². The largest absolute Gasteiger partial charge is 0.507 e. The summed E-state index contributed by atoms with van der Waals surface area (Å²) >= 11 is 0. The van der Waals surface area contributed by atoms with Crippen LogP contribution < -0.4 is 0 Å². The lowest BCUT2D eigenvalue weighted by atomic mass is 9.91. The number of aryl methyl sites for hydroxylation is 1. The lowest BCUT2D eigenvalue weighted by molar-refractivity contribution is 0.481. The van der Waals surface area contributed by atoms with Gasteiger partial charge in [-0.15, -0.1) is 0 Å². The van der Waals surface area contributed by atoms with Crippen LogP contribution >= 0.6 is 0 Å². The van der Waals surface area contributed by atoms with Gasteiger partial charge in [-0.25, -0.2) is 0 Å². The third-order valence-electron chi connectivity index (χ3n) is 4.23. The molecule has 3 aromatic carbocycles. The highest BCUT2D eigenvalue weighted by Gasteiger charge is 2.09. The van der Waals surface area contributed by atoms with Crippen LogP contribution in [0.2, 0.25) is 0 Å². The minimum atomic E-state index is 0.343. The Labute approximate surface area is 124 Å². The fraction of sp³-hybridized carbons (Fsp3) is 0.100. The highest BCUT2D eigenvalue weighted by atomic mass is 16.3. The molecule has 0 saturated heterocycles. The Kier molecular flexibility index (Phi) is 2.78. The van der Waals surface area contributed by atoms with Crippen molar-refractivity contribution in [1.29, 1.82) is 0 Å². The second kappa shape index (κ2) is 4.78. The van der Waals surface area contributed by atoms with E-state index < -0.39 is 0 Å². The first-order valence-electron chi connectivity index (χ1n) is 7.33. The van der Waals surface area contributed by atoms with Crippen LogP contribution in [0.15, 0.2) is 60.7 Å². The molecule has 0 saturated carbocycles. The molecular formula is C20H16O. The predicted molar refractivity (Wildman–Crippen MR) is 88.4 cm³/mol. The molecule has 0 amide bonds. The summed E-state index contributed by atoms with van der Waals surface area (Å²) in [4.78, 5) is 0. The minimum Gasteiger partial charge on any atom is -0.507 e. The standard InChI is InChI=1S/C20H16O/c21-20-10-4-8-18-17(7-3-9-19(18)20)16-12-11-14-5-1-2-6-15(14)13-16/h1,3-5,7-13,21H,2,6H2. The molecule has 0 spiro atoms. The van der Waals surface area contributed by atoms with E-state index in [0.717, 1.165) is 23.6 Å². The first-order valence-corrected chi connectivity index (χ1v) is 7.33. The number of phenols is 1. The lowest BCUT2D eigenvalue weighted by Crippen LogP contribution is -1.94. The van der Waals surface area contributed by atoms with E-state index in [2.05, 4.69) is 42.5 Å². The second-order valence-electron chi connectivity index (χ2n) is 5.53. The topological polar surface area (TPSA) is 20.2 Å². The Morgan fingerprint density at radius 1 is 0.857 bits per heavy atom. The molecule has 1 aliphatic carbocycles. The van der Waals surface area contributed by atoms with Gasteiger partial charge in [0.15, 0.2) is 0 Å². The summed E-state index contributed by atoms with van der Waals surface area (Å²) in [7, 11) is 0. The van der Waals surface area contributed by atoms with Crippen molar-refractivity contribution in [3.05, 3.63) is 71.8 Å². The fourth-order valence-corrected chi connectivity index (χ4v) is 3.15. The van der Waals surface area contributed by atoms with Crippen LogP contribution in [0.4, 0.5) is 0 Å². The average Bonchev–Trinajstić information content (AvgIpc) is 2.54. The van der Waals surface area contributed by atoms with Crippen molar-refractivity contribution >= 4 is 16.8 Å². The summed E-state index contributed by atoms with van der Waals surface area (Å²) in [5.74, 6) is 0.343. The molecule has 3 aromatic rings. The van der Waals surface area contributed by atoms with Gasteiger partial charge in [-0.3, -0.25) is 0 Å². The van der Waals surface area contributed by atoms with Gasteiger partial charge in [0.1, 0.15) is 5.75 Å². The van der Waals surface area contributed by atoms with E-state index in [1.165, 1.54) is 22.3 Å². The van der Waals surface area contributed by atoms with Crippen molar-refractivity contribution in [1.82, 2.24) is 0 Å². The van der Waals surface area contributed by atoms with Gasteiger partial charge in [-0.05, 0) is 46.5 Å². The van der Waals surface area contributed by atoms with E-state index in [-0.39, 0.29) is 0 Å². The van der Waals surface area contributed by atoms with E-state index in [1.54, 1.807) is 6.07 Å². The number of rotatable bonds is 1. The Morgan fingerprint density at radius 2 is 1.71 bits per heavy atom. The maximum atomic E-state index is 10.0. The number of benzene rings is 3. The molecule has 0 aromatic heterocycles. The van der Waals surface area contributed by atoms with Crippen molar-refractivity contribution in [2.75, 3.05) is 0 Å². The smallest absolute Gasteiger partial charge is 0.123 e. The molecule has 102 valence electrons. The normalized spacial score (nSPS) is 13.3. The summed E-state index contributed by atoms with van der Waals surface area (Å²) in [6.07, 6.45) is 6.66. The van der Waals surface area contributed by atoms with E-state index in [1.807, 2.05) is 18.2 Å². The van der Waals surface area contributed by atoms with Crippen molar-refractivity contribution < 1.29 is 5.11 Å². The molecular weight excluding hydrogens is 256 g/mol. The third kappa shape index (κ3) is 2.02. The van der Waals surface area contributed by atoms with Crippen molar-refractivity contribution in [3.8, 4) is 16.9 Å². The monoisotopic (exact) mass is 272 g/mol. The van der Waals surface area contributed by atoms with Gasteiger partial charge >= 0.3 is 0 Å². The van der Waals surface area contributed by atoms with E-state index in [9.17, 15) is 5.11 Å². The van der Waals surface area contributed by atoms with Crippen molar-refractivity contribution in [2.24, 2.45) is 0 Å². The summed E-state index contributed by atoms with van der Waals surface area (Å²) in [5, 5.41) is 12.0. The van der Waals surface area contributed by atoms with Crippen LogP contribution in [-0.4, -0.2) is 5.11 Å². The quantitative estimate of drug-likeness (QED) is 0.647. The molecule has 0 radical (unpaired) electrons. The summed E-state index contributed by atoms with van der Waals surface area (Å²) in [6.45, 7) is 0. The zero-order valence-electron chi connectivity index (χ0n) is 11.7. The second-order valence-corrected chi connectivity index (χ2v) is 5.53. The van der Waals surface area contributed by atoms with E-state index in [0.29, 0.717) is 5.75 Å². The molecule has 4 rings (SSSR count). The molecule has 1 nitrogen and oxygen atoms in total. The molecule has 21 heavy (non-hydrogen) atoms. The number of fused-ring (bicyclic) bond motifs is 2. The number of allylic oxidation sites excluding steroid dienone is 1. The number of hydrogen-bond donors (Lipinski definition) is 1. The molecule has 0 fully saturated rings. The lowest BCUT2D eigenvalue weighted by Gasteiger charge is -2.14. The van der Waals surface area contributed by atoms with Gasteiger partial charge in [0, 0.05) is 5.39 Å². The average molecular weight is 272 g/mol. The maximum Gasteiger partial charge on any atom is 0.123 e. The molecule has 0 unspecified atom stereocenters. The molecule has 0 heterocycles. The van der Waals surface area contributed by atoms with Crippen molar-refractivity contribution in [2.45, 2.75) is 12.8 Å². The maximum absolute atomic E-state index is 10.0. The Bertz CT molecular complexity index is 859. The molecule has 0 aliphatic heterocycles. The fourth-order valence-electron chi connectivity index (χ4n) is 3.15. The molecule has 0 atom stereocenters. The molecule has 1 N–H and O–H groups in total. The minimum absolute atomic E-state index is 0.343. The van der Waals surface area contributed by atoms with Gasteiger partial charge in [0.25, 0.3) is 0 Å². The van der Waals surface area contributed by atoms with E-state index in [4.69, 9.17) is 0 Å². The Balaban J connectivity index is 1.95.